The SMILES string of the molecule is CCCOCCC(=O)C1CCOC2(CCC2)C1. The normalized spacial score (nSPS) is 26.8. The molecule has 2 rings (SSSR count). The van der Waals surface area contributed by atoms with Gasteiger partial charge in [0, 0.05) is 25.6 Å². The third-order valence-corrected chi connectivity index (χ3v) is 4.05. The van der Waals surface area contributed by atoms with Crippen LogP contribution in [-0.2, 0) is 14.3 Å². The molecule has 1 aliphatic carbocycles. The van der Waals surface area contributed by atoms with Gasteiger partial charge in [-0.1, -0.05) is 6.92 Å². The van der Waals surface area contributed by atoms with Crippen molar-refractivity contribution in [1.82, 2.24) is 0 Å². The molecule has 1 atom stereocenters. The molecule has 1 saturated carbocycles. The van der Waals surface area contributed by atoms with Crippen LogP contribution >= 0.6 is 0 Å². The van der Waals surface area contributed by atoms with Crippen LogP contribution in [0.5, 0.6) is 0 Å². The first-order valence-corrected chi connectivity index (χ1v) is 7.00. The summed E-state index contributed by atoms with van der Waals surface area (Å²) in [6.07, 6.45) is 7.05. The second kappa shape index (κ2) is 5.96. The van der Waals surface area contributed by atoms with Gasteiger partial charge in [-0.25, -0.2) is 0 Å². The van der Waals surface area contributed by atoms with Crippen molar-refractivity contribution in [3.63, 3.8) is 0 Å². The molecule has 0 aromatic heterocycles. The molecule has 1 saturated heterocycles. The first kappa shape index (κ1) is 13.0. The predicted molar refractivity (Wildman–Crippen MR) is 66.0 cm³/mol. The van der Waals surface area contributed by atoms with Gasteiger partial charge in [-0.3, -0.25) is 4.79 Å². The van der Waals surface area contributed by atoms with Gasteiger partial charge in [0.1, 0.15) is 5.78 Å². The van der Waals surface area contributed by atoms with Gasteiger partial charge in [0.15, 0.2) is 0 Å². The van der Waals surface area contributed by atoms with E-state index in [0.717, 1.165) is 45.3 Å². The van der Waals surface area contributed by atoms with Crippen molar-refractivity contribution in [2.75, 3.05) is 19.8 Å². The second-order valence-electron chi connectivity index (χ2n) is 5.40. The minimum atomic E-state index is 0.0862. The smallest absolute Gasteiger partial charge is 0.138 e. The lowest BCUT2D eigenvalue weighted by Gasteiger charge is -2.46. The highest BCUT2D eigenvalue weighted by atomic mass is 16.5. The molecule has 0 N–H and O–H groups in total. The number of rotatable bonds is 6. The average molecular weight is 240 g/mol. The van der Waals surface area contributed by atoms with Crippen molar-refractivity contribution in [2.24, 2.45) is 5.92 Å². The Labute approximate surface area is 104 Å². The van der Waals surface area contributed by atoms with Gasteiger partial charge in [0.2, 0.25) is 0 Å². The van der Waals surface area contributed by atoms with Crippen LogP contribution in [-0.4, -0.2) is 31.2 Å². The Balaban J connectivity index is 1.71. The first-order chi connectivity index (χ1) is 8.26. The molecule has 98 valence electrons. The minimum absolute atomic E-state index is 0.0862. The topological polar surface area (TPSA) is 35.5 Å². The summed E-state index contributed by atoms with van der Waals surface area (Å²) in [5, 5.41) is 0. The Hall–Kier alpha value is -0.410. The van der Waals surface area contributed by atoms with Crippen LogP contribution in [0.3, 0.4) is 0 Å². The Morgan fingerprint density at radius 2 is 2.24 bits per heavy atom. The number of ether oxygens (including phenoxy) is 2. The van der Waals surface area contributed by atoms with Gasteiger partial charge in [0.05, 0.1) is 12.2 Å². The van der Waals surface area contributed by atoms with E-state index in [9.17, 15) is 4.79 Å². The highest BCUT2D eigenvalue weighted by Gasteiger charge is 2.43. The minimum Gasteiger partial charge on any atom is -0.381 e. The molecule has 2 fully saturated rings. The number of ketones is 1. The average Bonchev–Trinajstić information content (AvgIpc) is 2.32. The fourth-order valence-electron chi connectivity index (χ4n) is 2.85. The number of carbonyl (C=O) groups is 1. The van der Waals surface area contributed by atoms with Gasteiger partial charge < -0.3 is 9.47 Å². The summed E-state index contributed by atoms with van der Waals surface area (Å²) >= 11 is 0. The van der Waals surface area contributed by atoms with Crippen LogP contribution in [0.4, 0.5) is 0 Å². The number of carbonyl (C=O) groups excluding carboxylic acids is 1. The molecule has 1 spiro atoms. The molecular weight excluding hydrogens is 216 g/mol. The predicted octanol–water partition coefficient (Wildman–Crippen LogP) is 2.72. The van der Waals surface area contributed by atoms with E-state index in [2.05, 4.69) is 6.92 Å². The van der Waals surface area contributed by atoms with Crippen molar-refractivity contribution < 1.29 is 14.3 Å². The second-order valence-corrected chi connectivity index (χ2v) is 5.40. The molecule has 1 unspecified atom stereocenters. The molecule has 3 heteroatoms. The zero-order valence-corrected chi connectivity index (χ0v) is 10.9. The maximum atomic E-state index is 12.1. The Kier molecular flexibility index (Phi) is 4.57. The van der Waals surface area contributed by atoms with Crippen LogP contribution in [0.1, 0.15) is 51.9 Å². The Bertz CT molecular complexity index is 258. The maximum absolute atomic E-state index is 12.1. The van der Waals surface area contributed by atoms with E-state index < -0.39 is 0 Å². The van der Waals surface area contributed by atoms with Crippen LogP contribution in [0, 0.1) is 5.92 Å². The molecule has 0 aromatic carbocycles. The van der Waals surface area contributed by atoms with E-state index in [1.807, 2.05) is 0 Å². The maximum Gasteiger partial charge on any atom is 0.138 e. The van der Waals surface area contributed by atoms with Crippen LogP contribution in [0.25, 0.3) is 0 Å². The number of hydrogen-bond donors (Lipinski definition) is 0. The summed E-state index contributed by atoms with van der Waals surface area (Å²) in [6, 6.07) is 0. The van der Waals surface area contributed by atoms with Crippen molar-refractivity contribution in [1.29, 1.82) is 0 Å². The van der Waals surface area contributed by atoms with Crippen molar-refractivity contribution in [3.8, 4) is 0 Å². The molecule has 1 aliphatic heterocycles. The van der Waals surface area contributed by atoms with E-state index in [1.54, 1.807) is 0 Å². The molecule has 17 heavy (non-hydrogen) atoms. The standard InChI is InChI=1S/C14H24O3/c1-2-8-16-9-5-13(15)12-4-10-17-14(11-12)6-3-7-14/h12H,2-11H2,1H3. The van der Waals surface area contributed by atoms with Crippen LogP contribution in [0.2, 0.25) is 0 Å². The Morgan fingerprint density at radius 3 is 2.88 bits per heavy atom. The fourth-order valence-corrected chi connectivity index (χ4v) is 2.85. The Morgan fingerprint density at radius 1 is 1.41 bits per heavy atom. The van der Waals surface area contributed by atoms with E-state index in [0.29, 0.717) is 18.8 Å². The third-order valence-electron chi connectivity index (χ3n) is 4.05. The van der Waals surface area contributed by atoms with E-state index in [4.69, 9.17) is 9.47 Å². The zero-order chi connectivity index (χ0) is 12.1. The van der Waals surface area contributed by atoms with Gasteiger partial charge in [-0.15, -0.1) is 0 Å². The van der Waals surface area contributed by atoms with E-state index >= 15 is 0 Å². The van der Waals surface area contributed by atoms with Crippen LogP contribution in [0.15, 0.2) is 0 Å². The molecule has 0 amide bonds. The lowest BCUT2D eigenvalue weighted by Crippen LogP contribution is -2.47. The highest BCUT2D eigenvalue weighted by Crippen LogP contribution is 2.44. The van der Waals surface area contributed by atoms with E-state index in [-0.39, 0.29) is 11.5 Å². The van der Waals surface area contributed by atoms with Crippen LogP contribution < -0.4 is 0 Å². The monoisotopic (exact) mass is 240 g/mol. The molecular formula is C14H24O3. The lowest BCUT2D eigenvalue weighted by molar-refractivity contribution is -0.156. The van der Waals surface area contributed by atoms with E-state index in [1.165, 1.54) is 6.42 Å². The molecule has 3 nitrogen and oxygen atoms in total. The molecule has 0 aromatic rings. The summed E-state index contributed by atoms with van der Waals surface area (Å²) in [4.78, 5) is 12.1. The largest absolute Gasteiger partial charge is 0.381 e. The van der Waals surface area contributed by atoms with Gasteiger partial charge in [-0.2, -0.15) is 0 Å². The van der Waals surface area contributed by atoms with Crippen molar-refractivity contribution >= 4 is 5.78 Å². The summed E-state index contributed by atoms with van der Waals surface area (Å²) in [5.74, 6) is 0.616. The number of Topliss-reactive ketones (excluding diaryl/α,β-unsaturated/α-hetero) is 1. The molecule has 0 bridgehead atoms. The van der Waals surface area contributed by atoms with Gasteiger partial charge in [-0.05, 0) is 38.5 Å². The van der Waals surface area contributed by atoms with Gasteiger partial charge in [0.25, 0.3) is 0 Å². The highest BCUT2D eigenvalue weighted by molar-refractivity contribution is 5.81. The number of hydrogen-bond acceptors (Lipinski definition) is 3. The molecule has 2 aliphatic rings. The third kappa shape index (κ3) is 3.29. The summed E-state index contributed by atoms with van der Waals surface area (Å²) in [5.41, 5.74) is 0.0862. The lowest BCUT2D eigenvalue weighted by atomic mass is 9.71. The quantitative estimate of drug-likeness (QED) is 0.670. The molecule has 0 radical (unpaired) electrons. The summed E-state index contributed by atoms with van der Waals surface area (Å²) in [6.45, 7) is 4.22. The van der Waals surface area contributed by atoms with Crippen molar-refractivity contribution in [3.05, 3.63) is 0 Å². The first-order valence-electron chi connectivity index (χ1n) is 7.00. The summed E-state index contributed by atoms with van der Waals surface area (Å²) in [7, 11) is 0. The fraction of sp³-hybridized carbons (Fsp3) is 0.929. The van der Waals surface area contributed by atoms with Gasteiger partial charge >= 0.3 is 0 Å². The zero-order valence-electron chi connectivity index (χ0n) is 10.9. The van der Waals surface area contributed by atoms with Crippen molar-refractivity contribution in [2.45, 2.75) is 57.5 Å². The summed E-state index contributed by atoms with van der Waals surface area (Å²) < 4.78 is 11.2. The molecule has 1 heterocycles.